The maximum atomic E-state index is 9.08. The van der Waals surface area contributed by atoms with Crippen LogP contribution in [0.15, 0.2) is 0 Å². The van der Waals surface area contributed by atoms with Crippen molar-refractivity contribution in [2.75, 3.05) is 0 Å². The normalized spacial score (nSPS) is 33.6. The molecule has 0 saturated carbocycles. The van der Waals surface area contributed by atoms with E-state index in [1.54, 1.807) is 0 Å². The molecule has 0 bridgehead atoms. The summed E-state index contributed by atoms with van der Waals surface area (Å²) < 4.78 is 32.4. The molecule has 0 aromatic carbocycles. The highest BCUT2D eigenvalue weighted by Crippen LogP contribution is 2.34. The molecule has 1 fully saturated rings. The van der Waals surface area contributed by atoms with Gasteiger partial charge in [0.05, 0.1) is 12.1 Å². The Labute approximate surface area is 163 Å². The van der Waals surface area contributed by atoms with Crippen molar-refractivity contribution in [1.29, 1.82) is 10.5 Å². The quantitative estimate of drug-likeness (QED) is 0.596. The summed E-state index contributed by atoms with van der Waals surface area (Å²) in [7, 11) is -12.9. The first-order valence-electron chi connectivity index (χ1n) is 8.90. The lowest BCUT2D eigenvalue weighted by molar-refractivity contribution is 0.232. The SMILES string of the molecule is C[Si]1(C)O[Si](C)(C)O[Si](C)(CCC#N)O[Si](C)(CCC#N)O[Si](C)(C)O1. The van der Waals surface area contributed by atoms with Crippen LogP contribution in [0.3, 0.4) is 0 Å². The zero-order valence-electron chi connectivity index (χ0n) is 17.3. The van der Waals surface area contributed by atoms with Crippen LogP contribution in [-0.2, 0) is 20.6 Å². The Morgan fingerprint density at radius 2 is 0.846 bits per heavy atom. The van der Waals surface area contributed by atoms with Crippen molar-refractivity contribution >= 4 is 42.8 Å². The van der Waals surface area contributed by atoms with Crippen LogP contribution in [0.1, 0.15) is 12.8 Å². The molecule has 1 saturated heterocycles. The molecular formula is C14H32N2O5Si5. The fourth-order valence-corrected chi connectivity index (χ4v) is 30.5. The molecule has 2 unspecified atom stereocenters. The fourth-order valence-electron chi connectivity index (χ4n) is 3.55. The minimum Gasteiger partial charge on any atom is -0.416 e. The summed E-state index contributed by atoms with van der Waals surface area (Å²) in [4.78, 5) is 0. The summed E-state index contributed by atoms with van der Waals surface area (Å²) in [5.74, 6) is 0. The summed E-state index contributed by atoms with van der Waals surface area (Å²) in [5, 5.41) is 18.2. The molecule has 0 aromatic heterocycles. The first-order valence-corrected chi connectivity index (χ1v) is 22.4. The van der Waals surface area contributed by atoms with Crippen molar-refractivity contribution in [1.82, 2.24) is 0 Å². The van der Waals surface area contributed by atoms with E-state index in [9.17, 15) is 0 Å². The second-order valence-electron chi connectivity index (χ2n) is 8.29. The van der Waals surface area contributed by atoms with Crippen molar-refractivity contribution in [3.05, 3.63) is 0 Å². The Balaban J connectivity index is 3.34. The second-order valence-corrected chi connectivity index (χ2v) is 26.3. The minimum absolute atomic E-state index is 0.369. The van der Waals surface area contributed by atoms with Gasteiger partial charge in [0.25, 0.3) is 0 Å². The Bertz CT molecular complexity index is 543. The van der Waals surface area contributed by atoms with Gasteiger partial charge in [-0.3, -0.25) is 0 Å². The highest BCUT2D eigenvalue weighted by molar-refractivity contribution is 6.93. The second kappa shape index (κ2) is 8.48. The van der Waals surface area contributed by atoms with Gasteiger partial charge in [0.2, 0.25) is 0 Å². The third kappa shape index (κ3) is 7.85. The predicted octanol–water partition coefficient (Wildman–Crippen LogP) is 4.16. The summed E-state index contributed by atoms with van der Waals surface area (Å²) in [6, 6.07) is 5.52. The standard InChI is InChI=1S/C14H32N2O5Si5/c1-22(2)17-23(3,4)19-25(7,13-9-11-15)21-26(8,14-10-12-16)20-24(5,6)18-22/h9-10,13-14H2,1-8H3. The highest BCUT2D eigenvalue weighted by atomic mass is 28.5. The van der Waals surface area contributed by atoms with E-state index in [4.69, 9.17) is 31.1 Å². The molecule has 26 heavy (non-hydrogen) atoms. The van der Waals surface area contributed by atoms with Crippen LogP contribution in [0.5, 0.6) is 0 Å². The highest BCUT2D eigenvalue weighted by Gasteiger charge is 2.53. The molecule has 0 radical (unpaired) electrons. The Morgan fingerprint density at radius 3 is 1.15 bits per heavy atom. The topological polar surface area (TPSA) is 93.7 Å². The van der Waals surface area contributed by atoms with Crippen molar-refractivity contribution in [3.63, 3.8) is 0 Å². The predicted molar refractivity (Wildman–Crippen MR) is 111 cm³/mol. The lowest BCUT2D eigenvalue weighted by Crippen LogP contribution is -2.65. The molecular weight excluding hydrogens is 417 g/mol. The first-order chi connectivity index (χ1) is 11.7. The van der Waals surface area contributed by atoms with E-state index in [1.165, 1.54) is 0 Å². The van der Waals surface area contributed by atoms with Gasteiger partial charge < -0.3 is 20.6 Å². The molecule has 2 atom stereocenters. The van der Waals surface area contributed by atoms with Crippen molar-refractivity contribution in [2.45, 2.75) is 77.3 Å². The van der Waals surface area contributed by atoms with Gasteiger partial charge in [-0.25, -0.2) is 0 Å². The van der Waals surface area contributed by atoms with Crippen LogP contribution in [0.4, 0.5) is 0 Å². The molecule has 7 nitrogen and oxygen atoms in total. The van der Waals surface area contributed by atoms with Gasteiger partial charge >= 0.3 is 42.8 Å². The van der Waals surface area contributed by atoms with Crippen LogP contribution in [0.25, 0.3) is 0 Å². The number of hydrogen-bond donors (Lipinski definition) is 0. The van der Waals surface area contributed by atoms with E-state index in [0.717, 1.165) is 0 Å². The Morgan fingerprint density at radius 1 is 0.538 bits per heavy atom. The molecule has 0 aromatic rings. The molecule has 1 aliphatic heterocycles. The summed E-state index contributed by atoms with van der Waals surface area (Å²) >= 11 is 0. The molecule has 1 heterocycles. The third-order valence-electron chi connectivity index (χ3n) is 3.72. The largest absolute Gasteiger partial charge is 0.416 e. The molecule has 0 amide bonds. The molecule has 1 aliphatic rings. The average Bonchev–Trinajstić information content (AvgIpc) is 2.37. The Kier molecular flexibility index (Phi) is 7.80. The molecule has 148 valence electrons. The van der Waals surface area contributed by atoms with E-state index < -0.39 is 42.8 Å². The number of nitrogens with zero attached hydrogens (tertiary/aromatic N) is 2. The maximum absolute atomic E-state index is 9.08. The van der Waals surface area contributed by atoms with Crippen molar-refractivity contribution in [3.8, 4) is 12.1 Å². The van der Waals surface area contributed by atoms with Gasteiger partial charge in [0.1, 0.15) is 0 Å². The van der Waals surface area contributed by atoms with E-state index >= 15 is 0 Å². The van der Waals surface area contributed by atoms with Gasteiger partial charge in [0, 0.05) is 24.9 Å². The molecule has 1 rings (SSSR count). The van der Waals surface area contributed by atoms with Crippen LogP contribution < -0.4 is 0 Å². The van der Waals surface area contributed by atoms with Crippen LogP contribution >= 0.6 is 0 Å². The van der Waals surface area contributed by atoms with E-state index in [-0.39, 0.29) is 0 Å². The summed E-state index contributed by atoms with van der Waals surface area (Å²) in [6.07, 6.45) is 0.738. The number of rotatable bonds is 4. The summed E-state index contributed by atoms with van der Waals surface area (Å²) in [6.45, 7) is 16.1. The van der Waals surface area contributed by atoms with Crippen molar-refractivity contribution < 1.29 is 20.6 Å². The molecule has 0 spiro atoms. The van der Waals surface area contributed by atoms with Crippen LogP contribution in [0, 0.1) is 22.7 Å². The lowest BCUT2D eigenvalue weighted by atomic mass is 10.6. The third-order valence-corrected chi connectivity index (χ3v) is 24.7. The Hall–Kier alpha value is -0.136. The van der Waals surface area contributed by atoms with E-state index in [2.05, 4.69) is 12.1 Å². The van der Waals surface area contributed by atoms with Gasteiger partial charge in [-0.1, -0.05) is 0 Å². The lowest BCUT2D eigenvalue weighted by Gasteiger charge is -2.48. The molecule has 12 heteroatoms. The first kappa shape index (κ1) is 23.9. The van der Waals surface area contributed by atoms with Gasteiger partial charge in [-0.05, 0) is 52.4 Å². The zero-order valence-corrected chi connectivity index (χ0v) is 22.3. The smallest absolute Gasteiger partial charge is 0.318 e. The zero-order chi connectivity index (χ0) is 20.3. The average molecular weight is 449 g/mol. The maximum Gasteiger partial charge on any atom is 0.318 e. The number of nitriles is 2. The van der Waals surface area contributed by atoms with E-state index in [1.807, 2.05) is 52.4 Å². The van der Waals surface area contributed by atoms with Crippen LogP contribution in [0.2, 0.25) is 64.5 Å². The summed E-state index contributed by atoms with van der Waals surface area (Å²) in [5.41, 5.74) is 0. The van der Waals surface area contributed by atoms with Gasteiger partial charge in [-0.15, -0.1) is 0 Å². The fraction of sp³-hybridized carbons (Fsp3) is 0.857. The van der Waals surface area contributed by atoms with Gasteiger partial charge in [0.15, 0.2) is 0 Å². The number of hydrogen-bond acceptors (Lipinski definition) is 7. The molecule has 0 aliphatic carbocycles. The monoisotopic (exact) mass is 448 g/mol. The van der Waals surface area contributed by atoms with Crippen LogP contribution in [-0.4, -0.2) is 42.8 Å². The minimum atomic E-state index is -2.71. The van der Waals surface area contributed by atoms with E-state index in [0.29, 0.717) is 24.9 Å². The molecule has 0 N–H and O–H groups in total. The van der Waals surface area contributed by atoms with Gasteiger partial charge in [-0.2, -0.15) is 10.5 Å². The van der Waals surface area contributed by atoms with Crippen molar-refractivity contribution in [2.24, 2.45) is 0 Å².